The van der Waals surface area contributed by atoms with Crippen LogP contribution in [0, 0.1) is 24.0 Å². The van der Waals surface area contributed by atoms with E-state index in [0.717, 1.165) is 10.9 Å². The third-order valence-corrected chi connectivity index (χ3v) is 2.92. The Morgan fingerprint density at radius 3 is 2.69 bits per heavy atom. The summed E-state index contributed by atoms with van der Waals surface area (Å²) in [6.07, 6.45) is 0. The maximum atomic E-state index is 10.8. The van der Waals surface area contributed by atoms with E-state index >= 15 is 0 Å². The predicted octanol–water partition coefficient (Wildman–Crippen LogP) is 3.41. The molecule has 2 aromatic rings. The maximum absolute atomic E-state index is 10.8. The monoisotopic (exact) mass is 236 g/mol. The van der Waals surface area contributed by atoms with Crippen LogP contribution in [0.2, 0.25) is 5.15 Å². The first-order valence-corrected chi connectivity index (χ1v) is 5.09. The summed E-state index contributed by atoms with van der Waals surface area (Å²) in [4.78, 5) is 14.5. The first-order valence-electron chi connectivity index (χ1n) is 4.71. The van der Waals surface area contributed by atoms with E-state index in [9.17, 15) is 10.1 Å². The van der Waals surface area contributed by atoms with Crippen LogP contribution in [0.4, 0.5) is 5.69 Å². The van der Waals surface area contributed by atoms with Crippen LogP contribution in [0.15, 0.2) is 18.2 Å². The van der Waals surface area contributed by atoms with Gasteiger partial charge >= 0.3 is 0 Å². The molecule has 0 fully saturated rings. The molecular formula is C11H9ClN2O2. The topological polar surface area (TPSA) is 56.0 Å². The molecule has 4 nitrogen and oxygen atoms in total. The molecular weight excluding hydrogens is 228 g/mol. The first-order chi connectivity index (χ1) is 7.50. The summed E-state index contributed by atoms with van der Waals surface area (Å²) < 4.78 is 0. The van der Waals surface area contributed by atoms with E-state index in [1.165, 1.54) is 6.07 Å². The van der Waals surface area contributed by atoms with Crippen molar-refractivity contribution in [1.82, 2.24) is 4.98 Å². The zero-order valence-corrected chi connectivity index (χ0v) is 9.58. The average Bonchev–Trinajstić information content (AvgIpc) is 2.21. The number of halogens is 1. The Kier molecular flexibility index (Phi) is 2.52. The molecule has 0 atom stereocenters. The van der Waals surface area contributed by atoms with Crippen LogP contribution in [0.3, 0.4) is 0 Å². The van der Waals surface area contributed by atoms with Gasteiger partial charge in [-0.3, -0.25) is 10.1 Å². The minimum Gasteiger partial charge on any atom is -0.258 e. The number of fused-ring (bicyclic) bond motifs is 1. The molecule has 0 N–H and O–H groups in total. The van der Waals surface area contributed by atoms with Gasteiger partial charge in [0.25, 0.3) is 5.69 Å². The number of nitro groups is 1. The van der Waals surface area contributed by atoms with E-state index in [1.807, 2.05) is 13.0 Å². The van der Waals surface area contributed by atoms with Gasteiger partial charge in [0.1, 0.15) is 5.15 Å². The predicted molar refractivity (Wildman–Crippen MR) is 62.9 cm³/mol. The van der Waals surface area contributed by atoms with Gasteiger partial charge in [-0.15, -0.1) is 0 Å². The Morgan fingerprint density at radius 2 is 2.06 bits per heavy atom. The lowest BCUT2D eigenvalue weighted by Crippen LogP contribution is -1.94. The van der Waals surface area contributed by atoms with Crippen LogP contribution >= 0.6 is 11.6 Å². The molecule has 0 bridgehead atoms. The van der Waals surface area contributed by atoms with E-state index in [0.29, 0.717) is 16.2 Å². The SMILES string of the molecule is Cc1cc2ccc([N+](=O)[O-])c(C)c2nc1Cl. The number of pyridine rings is 1. The lowest BCUT2D eigenvalue weighted by Gasteiger charge is -2.04. The fraction of sp³-hybridized carbons (Fsp3) is 0.182. The molecule has 1 heterocycles. The van der Waals surface area contributed by atoms with Crippen LogP contribution in [-0.2, 0) is 0 Å². The largest absolute Gasteiger partial charge is 0.274 e. The lowest BCUT2D eigenvalue weighted by atomic mass is 10.1. The highest BCUT2D eigenvalue weighted by molar-refractivity contribution is 6.30. The quantitative estimate of drug-likeness (QED) is 0.433. The molecule has 0 aliphatic heterocycles. The van der Waals surface area contributed by atoms with Gasteiger partial charge < -0.3 is 0 Å². The summed E-state index contributed by atoms with van der Waals surface area (Å²) in [6.45, 7) is 3.53. The highest BCUT2D eigenvalue weighted by atomic mass is 35.5. The molecule has 0 amide bonds. The van der Waals surface area contributed by atoms with Crippen molar-refractivity contribution >= 4 is 28.2 Å². The molecule has 0 aliphatic rings. The van der Waals surface area contributed by atoms with E-state index in [2.05, 4.69) is 4.98 Å². The van der Waals surface area contributed by atoms with E-state index in [1.54, 1.807) is 13.0 Å². The van der Waals surface area contributed by atoms with Crippen molar-refractivity contribution in [3.63, 3.8) is 0 Å². The van der Waals surface area contributed by atoms with E-state index in [4.69, 9.17) is 11.6 Å². The zero-order chi connectivity index (χ0) is 11.9. The molecule has 0 unspecified atom stereocenters. The average molecular weight is 237 g/mol. The van der Waals surface area contributed by atoms with Crippen molar-refractivity contribution in [2.75, 3.05) is 0 Å². The number of rotatable bonds is 1. The van der Waals surface area contributed by atoms with Crippen LogP contribution in [0.1, 0.15) is 11.1 Å². The van der Waals surface area contributed by atoms with Crippen LogP contribution in [-0.4, -0.2) is 9.91 Å². The normalized spacial score (nSPS) is 10.7. The molecule has 5 heteroatoms. The van der Waals surface area contributed by atoms with Crippen LogP contribution < -0.4 is 0 Å². The molecule has 1 aromatic carbocycles. The first kappa shape index (κ1) is 10.8. The standard InChI is InChI=1S/C11H9ClN2O2/c1-6-5-8-3-4-9(14(15)16)7(2)10(8)13-11(6)12/h3-5H,1-2H3. The molecule has 0 saturated heterocycles. The summed E-state index contributed by atoms with van der Waals surface area (Å²) in [7, 11) is 0. The van der Waals surface area contributed by atoms with Crippen molar-refractivity contribution in [2.24, 2.45) is 0 Å². The van der Waals surface area contributed by atoms with Crippen molar-refractivity contribution < 1.29 is 4.92 Å². The van der Waals surface area contributed by atoms with Gasteiger partial charge in [0.2, 0.25) is 0 Å². The van der Waals surface area contributed by atoms with E-state index in [-0.39, 0.29) is 5.69 Å². The lowest BCUT2D eigenvalue weighted by molar-refractivity contribution is -0.385. The Bertz CT molecular complexity index is 596. The van der Waals surface area contributed by atoms with Crippen molar-refractivity contribution in [3.8, 4) is 0 Å². The number of benzene rings is 1. The third kappa shape index (κ3) is 1.61. The van der Waals surface area contributed by atoms with Crippen LogP contribution in [0.25, 0.3) is 10.9 Å². The molecule has 0 saturated carbocycles. The Morgan fingerprint density at radius 1 is 1.38 bits per heavy atom. The summed E-state index contributed by atoms with van der Waals surface area (Å²) >= 11 is 5.91. The Balaban J connectivity index is 2.84. The molecule has 82 valence electrons. The summed E-state index contributed by atoms with van der Waals surface area (Å²) in [6, 6.07) is 5.06. The van der Waals surface area contributed by atoms with E-state index < -0.39 is 4.92 Å². The Hall–Kier alpha value is -1.68. The fourth-order valence-electron chi connectivity index (χ4n) is 1.65. The third-order valence-electron chi connectivity index (χ3n) is 2.54. The fourth-order valence-corrected chi connectivity index (χ4v) is 1.79. The van der Waals surface area contributed by atoms with Crippen LogP contribution in [0.5, 0.6) is 0 Å². The molecule has 16 heavy (non-hydrogen) atoms. The van der Waals surface area contributed by atoms with Gasteiger partial charge in [-0.1, -0.05) is 11.6 Å². The second-order valence-electron chi connectivity index (χ2n) is 3.63. The van der Waals surface area contributed by atoms with Gasteiger partial charge in [0.05, 0.1) is 16.0 Å². The van der Waals surface area contributed by atoms with Gasteiger partial charge in [-0.25, -0.2) is 4.98 Å². The number of hydrogen-bond acceptors (Lipinski definition) is 3. The minimum atomic E-state index is -0.412. The number of nitrogens with zero attached hydrogens (tertiary/aromatic N) is 2. The number of aromatic nitrogens is 1. The van der Waals surface area contributed by atoms with Crippen molar-refractivity contribution in [1.29, 1.82) is 0 Å². The molecule has 0 spiro atoms. The van der Waals surface area contributed by atoms with Gasteiger partial charge in [0.15, 0.2) is 0 Å². The van der Waals surface area contributed by atoms with Gasteiger partial charge in [-0.2, -0.15) is 0 Å². The summed E-state index contributed by atoms with van der Waals surface area (Å²) in [5.74, 6) is 0. The number of nitro benzene ring substituents is 1. The highest BCUT2D eigenvalue weighted by Crippen LogP contribution is 2.28. The second-order valence-corrected chi connectivity index (χ2v) is 3.99. The molecule has 1 aromatic heterocycles. The van der Waals surface area contributed by atoms with Crippen molar-refractivity contribution in [3.05, 3.63) is 44.6 Å². The zero-order valence-electron chi connectivity index (χ0n) is 8.82. The second kappa shape index (κ2) is 3.72. The number of hydrogen-bond donors (Lipinski definition) is 0. The van der Waals surface area contributed by atoms with Crippen molar-refractivity contribution in [2.45, 2.75) is 13.8 Å². The summed E-state index contributed by atoms with van der Waals surface area (Å²) in [5, 5.41) is 12.0. The maximum Gasteiger partial charge on any atom is 0.274 e. The summed E-state index contributed by atoms with van der Waals surface area (Å²) in [5.41, 5.74) is 2.07. The smallest absolute Gasteiger partial charge is 0.258 e. The number of aryl methyl sites for hydroxylation is 2. The van der Waals surface area contributed by atoms with Gasteiger partial charge in [0, 0.05) is 11.5 Å². The highest BCUT2D eigenvalue weighted by Gasteiger charge is 2.14. The molecule has 0 radical (unpaired) electrons. The molecule has 0 aliphatic carbocycles. The van der Waals surface area contributed by atoms with Gasteiger partial charge in [-0.05, 0) is 31.5 Å². The molecule has 2 rings (SSSR count). The minimum absolute atomic E-state index is 0.0694. The Labute approximate surface area is 97.0 Å².